The van der Waals surface area contributed by atoms with Gasteiger partial charge in [0.15, 0.2) is 0 Å². The molecule has 0 aliphatic rings. The van der Waals surface area contributed by atoms with Crippen LogP contribution in [-0.4, -0.2) is 23.9 Å². The van der Waals surface area contributed by atoms with Crippen LogP contribution in [0.2, 0.25) is 0 Å². The lowest BCUT2D eigenvalue weighted by Gasteiger charge is -2.23. The van der Waals surface area contributed by atoms with E-state index in [1.54, 1.807) is 23.1 Å². The molecule has 0 bridgehead atoms. The van der Waals surface area contributed by atoms with Gasteiger partial charge in [-0.25, -0.2) is 4.39 Å². The van der Waals surface area contributed by atoms with E-state index in [1.807, 2.05) is 13.8 Å². The van der Waals surface area contributed by atoms with Gasteiger partial charge in [0.25, 0.3) is 0 Å². The fraction of sp³-hybridized carbons (Fsp3) is 0.429. The summed E-state index contributed by atoms with van der Waals surface area (Å²) in [5.41, 5.74) is 5.61. The Morgan fingerprint density at radius 1 is 1.53 bits per heavy atom. The zero-order valence-electron chi connectivity index (χ0n) is 11.2. The first-order valence-corrected chi connectivity index (χ1v) is 6.12. The molecule has 19 heavy (non-hydrogen) atoms. The topological polar surface area (TPSA) is 70.1 Å². The van der Waals surface area contributed by atoms with E-state index < -0.39 is 11.7 Å². The Balaban J connectivity index is 2.90. The minimum absolute atomic E-state index is 0.0149. The number of carbonyl (C=O) groups excluding carboxylic acids is 1. The number of nitrogens with two attached hydrogens (primary N) is 1. The molecule has 102 valence electrons. The van der Waals surface area contributed by atoms with Crippen LogP contribution in [-0.2, 0) is 11.3 Å². The first-order chi connectivity index (χ1) is 8.93. The van der Waals surface area contributed by atoms with Crippen molar-refractivity contribution in [3.63, 3.8) is 0 Å². The smallest absolute Gasteiger partial charge is 0.231 e. The molecule has 2 N–H and O–H groups in total. The van der Waals surface area contributed by atoms with Crippen molar-refractivity contribution in [1.82, 2.24) is 4.90 Å². The van der Waals surface area contributed by atoms with E-state index in [0.717, 1.165) is 0 Å². The zero-order valence-corrected chi connectivity index (χ0v) is 11.2. The molecule has 1 amide bonds. The maximum absolute atomic E-state index is 13.9. The van der Waals surface area contributed by atoms with Crippen LogP contribution in [0.4, 0.5) is 4.39 Å². The van der Waals surface area contributed by atoms with Gasteiger partial charge in [-0.1, -0.05) is 26.0 Å². The van der Waals surface area contributed by atoms with Crippen LogP contribution in [0.25, 0.3) is 0 Å². The predicted octanol–water partition coefficient (Wildman–Crippen LogP) is 1.64. The Labute approximate surface area is 112 Å². The van der Waals surface area contributed by atoms with E-state index in [2.05, 4.69) is 0 Å². The number of benzene rings is 1. The molecule has 0 heterocycles. The Morgan fingerprint density at radius 2 is 2.21 bits per heavy atom. The van der Waals surface area contributed by atoms with Gasteiger partial charge in [0.05, 0.1) is 12.1 Å². The summed E-state index contributed by atoms with van der Waals surface area (Å²) in [5.74, 6) is -0.637. The molecule has 0 saturated carbocycles. The van der Waals surface area contributed by atoms with Gasteiger partial charge in [-0.05, 0) is 12.0 Å². The molecule has 1 aromatic carbocycles. The summed E-state index contributed by atoms with van der Waals surface area (Å²) in [4.78, 5) is 12.8. The molecule has 0 spiro atoms. The van der Waals surface area contributed by atoms with Crippen LogP contribution in [0, 0.1) is 23.1 Å². The van der Waals surface area contributed by atoms with Gasteiger partial charge in [-0.2, -0.15) is 5.26 Å². The van der Waals surface area contributed by atoms with Crippen molar-refractivity contribution in [2.24, 2.45) is 11.7 Å². The number of hydrogen-bond donors (Lipinski definition) is 1. The summed E-state index contributed by atoms with van der Waals surface area (Å²) in [6.45, 7) is 5.00. The summed E-state index contributed by atoms with van der Waals surface area (Å²) < 4.78 is 13.9. The fourth-order valence-corrected chi connectivity index (χ4v) is 1.95. The summed E-state index contributed by atoms with van der Waals surface area (Å²) >= 11 is 0. The van der Waals surface area contributed by atoms with E-state index in [4.69, 9.17) is 11.0 Å². The van der Waals surface area contributed by atoms with Crippen molar-refractivity contribution in [1.29, 1.82) is 5.26 Å². The fourth-order valence-electron chi connectivity index (χ4n) is 1.95. The Kier molecular flexibility index (Phi) is 5.46. The van der Waals surface area contributed by atoms with E-state index in [-0.39, 0.29) is 18.7 Å². The lowest BCUT2D eigenvalue weighted by molar-refractivity contribution is -0.119. The third kappa shape index (κ3) is 4.68. The highest BCUT2D eigenvalue weighted by Crippen LogP contribution is 2.15. The van der Waals surface area contributed by atoms with E-state index in [1.165, 1.54) is 6.07 Å². The maximum atomic E-state index is 13.9. The highest BCUT2D eigenvalue weighted by Gasteiger charge is 2.14. The minimum Gasteiger partial charge on any atom is -0.369 e. The molecule has 0 aromatic heterocycles. The summed E-state index contributed by atoms with van der Waals surface area (Å²) in [5, 5.41) is 8.79. The van der Waals surface area contributed by atoms with Crippen molar-refractivity contribution in [3.8, 4) is 6.07 Å². The second-order valence-electron chi connectivity index (χ2n) is 4.92. The van der Waals surface area contributed by atoms with Crippen LogP contribution in [0.15, 0.2) is 18.2 Å². The first-order valence-electron chi connectivity index (χ1n) is 6.12. The molecule has 0 aliphatic carbocycles. The van der Waals surface area contributed by atoms with Gasteiger partial charge in [0.2, 0.25) is 5.91 Å². The van der Waals surface area contributed by atoms with Crippen LogP contribution in [0.1, 0.15) is 25.0 Å². The molecule has 4 nitrogen and oxygen atoms in total. The monoisotopic (exact) mass is 263 g/mol. The molecule has 0 unspecified atom stereocenters. The standard InChI is InChI=1S/C14H18FN3O/c1-10(2)7-18(9-13(17)19)8-12-5-3-4-11(6-16)14(12)15/h3-5,10H,7-9H2,1-2H3,(H2,17,19). The van der Waals surface area contributed by atoms with Crippen LogP contribution in [0.3, 0.4) is 0 Å². The minimum atomic E-state index is -0.525. The van der Waals surface area contributed by atoms with Crippen molar-refractivity contribution in [2.75, 3.05) is 13.1 Å². The average Bonchev–Trinajstić information content (AvgIpc) is 2.30. The largest absolute Gasteiger partial charge is 0.369 e. The average molecular weight is 263 g/mol. The summed E-state index contributed by atoms with van der Waals surface area (Å²) in [7, 11) is 0. The number of amides is 1. The third-order valence-corrected chi connectivity index (χ3v) is 2.60. The van der Waals surface area contributed by atoms with Crippen LogP contribution >= 0.6 is 0 Å². The number of nitriles is 1. The molecule has 1 rings (SSSR count). The van der Waals surface area contributed by atoms with Crippen molar-refractivity contribution < 1.29 is 9.18 Å². The Bertz CT molecular complexity index is 494. The predicted molar refractivity (Wildman–Crippen MR) is 70.4 cm³/mol. The van der Waals surface area contributed by atoms with Crippen LogP contribution < -0.4 is 5.73 Å². The van der Waals surface area contributed by atoms with Gasteiger partial charge in [-0.15, -0.1) is 0 Å². The van der Waals surface area contributed by atoms with E-state index >= 15 is 0 Å². The molecule has 0 saturated heterocycles. The Morgan fingerprint density at radius 3 is 2.74 bits per heavy atom. The molecular weight excluding hydrogens is 245 g/mol. The zero-order chi connectivity index (χ0) is 14.4. The molecule has 0 atom stereocenters. The van der Waals surface area contributed by atoms with Gasteiger partial charge >= 0.3 is 0 Å². The van der Waals surface area contributed by atoms with Gasteiger partial charge in [0.1, 0.15) is 11.9 Å². The molecule has 0 radical (unpaired) electrons. The van der Waals surface area contributed by atoms with Crippen molar-refractivity contribution in [2.45, 2.75) is 20.4 Å². The Hall–Kier alpha value is -1.93. The highest BCUT2D eigenvalue weighted by atomic mass is 19.1. The van der Waals surface area contributed by atoms with Gasteiger partial charge < -0.3 is 5.73 Å². The SMILES string of the molecule is CC(C)CN(CC(N)=O)Cc1cccc(C#N)c1F. The van der Waals surface area contributed by atoms with E-state index in [0.29, 0.717) is 18.0 Å². The summed E-state index contributed by atoms with van der Waals surface area (Å²) in [6, 6.07) is 6.48. The second-order valence-corrected chi connectivity index (χ2v) is 4.92. The normalized spacial score (nSPS) is 10.7. The highest BCUT2D eigenvalue weighted by molar-refractivity contribution is 5.75. The lowest BCUT2D eigenvalue weighted by atomic mass is 10.1. The van der Waals surface area contributed by atoms with Crippen LogP contribution in [0.5, 0.6) is 0 Å². The third-order valence-electron chi connectivity index (χ3n) is 2.60. The molecule has 5 heteroatoms. The number of rotatable bonds is 6. The van der Waals surface area contributed by atoms with Gasteiger partial charge in [0, 0.05) is 18.7 Å². The first kappa shape index (κ1) is 15.1. The second kappa shape index (κ2) is 6.86. The molecule has 0 fully saturated rings. The maximum Gasteiger partial charge on any atom is 0.231 e. The van der Waals surface area contributed by atoms with Crippen molar-refractivity contribution in [3.05, 3.63) is 35.1 Å². The number of nitrogens with zero attached hydrogens (tertiary/aromatic N) is 2. The van der Waals surface area contributed by atoms with Gasteiger partial charge in [-0.3, -0.25) is 9.69 Å². The van der Waals surface area contributed by atoms with Crippen molar-refractivity contribution >= 4 is 5.91 Å². The number of carbonyl (C=O) groups is 1. The quantitative estimate of drug-likeness (QED) is 0.848. The molecular formula is C14H18FN3O. The number of primary amides is 1. The molecule has 1 aromatic rings. The number of hydrogen-bond acceptors (Lipinski definition) is 3. The van der Waals surface area contributed by atoms with E-state index in [9.17, 15) is 9.18 Å². The number of halogens is 1. The summed E-state index contributed by atoms with van der Waals surface area (Å²) in [6.07, 6.45) is 0. The molecule has 0 aliphatic heterocycles. The lowest BCUT2D eigenvalue weighted by Crippen LogP contribution is -2.36.